The summed E-state index contributed by atoms with van der Waals surface area (Å²) in [6.45, 7) is 9.97. The maximum Gasteiger partial charge on any atom is 0.102 e. The maximum absolute atomic E-state index is 5.53. The van der Waals surface area contributed by atoms with Crippen LogP contribution in [0, 0.1) is 23.7 Å². The fourth-order valence-electron chi connectivity index (χ4n) is 5.87. The lowest BCUT2D eigenvalue weighted by Gasteiger charge is -2.38. The van der Waals surface area contributed by atoms with Crippen LogP contribution in [0.1, 0.15) is 19.3 Å². The Morgan fingerprint density at radius 1 is 0.864 bits per heavy atom. The summed E-state index contributed by atoms with van der Waals surface area (Å²) in [6.07, 6.45) is 9.44. The second kappa shape index (κ2) is 5.61. The monoisotopic (exact) mass is 306 g/mol. The Morgan fingerprint density at radius 2 is 1.41 bits per heavy atom. The fourth-order valence-corrected chi connectivity index (χ4v) is 5.87. The van der Waals surface area contributed by atoms with Gasteiger partial charge < -0.3 is 13.7 Å². The van der Waals surface area contributed by atoms with Crippen molar-refractivity contribution in [3.63, 3.8) is 0 Å². The standard InChI is InChI=1S/C19H34N2O/c1-20(10-12-22-13-11-20)8-3-9-21(2)14-18-16-4-5-17(7-6-16)19(18)15-21/h4-5,16-19H,3,6-15H2,1-2H3/q+2/t16-,17+,18-,19-,21?/m0/s1. The first kappa shape index (κ1) is 15.2. The highest BCUT2D eigenvalue weighted by Gasteiger charge is 2.51. The van der Waals surface area contributed by atoms with Crippen LogP contribution in [-0.4, -0.2) is 75.5 Å². The van der Waals surface area contributed by atoms with E-state index in [1.54, 1.807) is 0 Å². The smallest absolute Gasteiger partial charge is 0.102 e. The average Bonchev–Trinajstić information content (AvgIpc) is 2.88. The Hall–Kier alpha value is -0.380. The number of hydrogen-bond acceptors (Lipinski definition) is 1. The zero-order chi connectivity index (χ0) is 15.2. The highest BCUT2D eigenvalue weighted by Crippen LogP contribution is 2.49. The molecule has 0 N–H and O–H groups in total. The van der Waals surface area contributed by atoms with Crippen molar-refractivity contribution in [1.82, 2.24) is 0 Å². The fraction of sp³-hybridized carbons (Fsp3) is 0.895. The molecule has 1 saturated carbocycles. The van der Waals surface area contributed by atoms with Crippen LogP contribution in [0.5, 0.6) is 0 Å². The van der Waals surface area contributed by atoms with E-state index < -0.39 is 0 Å². The second-order valence-corrected chi connectivity index (χ2v) is 9.08. The van der Waals surface area contributed by atoms with Crippen LogP contribution in [0.3, 0.4) is 0 Å². The van der Waals surface area contributed by atoms with Gasteiger partial charge in [0.2, 0.25) is 0 Å². The molecule has 2 saturated heterocycles. The molecule has 0 amide bonds. The number of quaternary nitrogens is 2. The molecule has 2 heterocycles. The molecule has 3 nitrogen and oxygen atoms in total. The van der Waals surface area contributed by atoms with Crippen LogP contribution in [-0.2, 0) is 4.74 Å². The van der Waals surface area contributed by atoms with E-state index in [1.807, 2.05) is 0 Å². The van der Waals surface area contributed by atoms with Gasteiger partial charge in [-0.3, -0.25) is 0 Å². The van der Waals surface area contributed by atoms with Gasteiger partial charge in [0, 0.05) is 18.3 Å². The van der Waals surface area contributed by atoms with E-state index in [0.717, 1.165) is 36.9 Å². The minimum Gasteiger partial charge on any atom is -0.370 e. The van der Waals surface area contributed by atoms with Crippen LogP contribution >= 0.6 is 0 Å². The molecule has 0 aromatic heterocycles. The Kier molecular flexibility index (Phi) is 3.87. The van der Waals surface area contributed by atoms with Crippen molar-refractivity contribution in [2.45, 2.75) is 19.3 Å². The van der Waals surface area contributed by atoms with Gasteiger partial charge in [-0.1, -0.05) is 12.2 Å². The van der Waals surface area contributed by atoms with Crippen molar-refractivity contribution in [3.8, 4) is 0 Å². The predicted molar refractivity (Wildman–Crippen MR) is 89.3 cm³/mol. The lowest BCUT2D eigenvalue weighted by atomic mass is 9.64. The third-order valence-electron chi connectivity index (χ3n) is 7.34. The van der Waals surface area contributed by atoms with Crippen molar-refractivity contribution in [3.05, 3.63) is 12.2 Å². The van der Waals surface area contributed by atoms with Gasteiger partial charge in [-0.15, -0.1) is 0 Å². The van der Waals surface area contributed by atoms with Crippen LogP contribution in [0.4, 0.5) is 0 Å². The Morgan fingerprint density at radius 3 is 1.95 bits per heavy atom. The molecule has 5 atom stereocenters. The highest BCUT2D eigenvalue weighted by molar-refractivity contribution is 5.10. The minimum absolute atomic E-state index is 0.916. The topological polar surface area (TPSA) is 9.23 Å². The van der Waals surface area contributed by atoms with Crippen molar-refractivity contribution in [2.24, 2.45) is 23.7 Å². The van der Waals surface area contributed by atoms with Crippen molar-refractivity contribution < 1.29 is 13.7 Å². The minimum atomic E-state index is 0.916. The number of nitrogens with zero attached hydrogens (tertiary/aromatic N) is 2. The third kappa shape index (κ3) is 2.76. The zero-order valence-corrected chi connectivity index (χ0v) is 14.5. The number of likely N-dealkylation sites (tertiary alicyclic amines) is 1. The molecular weight excluding hydrogens is 272 g/mol. The van der Waals surface area contributed by atoms with Gasteiger partial charge in [0.1, 0.15) is 13.1 Å². The molecule has 5 rings (SSSR count). The average molecular weight is 306 g/mol. The predicted octanol–water partition coefficient (Wildman–Crippen LogP) is 2.14. The van der Waals surface area contributed by atoms with Crippen LogP contribution < -0.4 is 0 Å². The Balaban J connectivity index is 1.32. The molecular formula is C19H34N2O+2. The number of ether oxygens (including phenoxy) is 1. The number of morpholine rings is 1. The Bertz CT molecular complexity index is 419. The van der Waals surface area contributed by atoms with E-state index in [9.17, 15) is 0 Å². The molecule has 3 fully saturated rings. The summed E-state index contributed by atoms with van der Waals surface area (Å²) in [4.78, 5) is 0. The molecule has 124 valence electrons. The van der Waals surface area contributed by atoms with Crippen molar-refractivity contribution >= 4 is 0 Å². The number of rotatable bonds is 4. The van der Waals surface area contributed by atoms with Gasteiger partial charge in [0.15, 0.2) is 0 Å². The van der Waals surface area contributed by atoms with E-state index in [4.69, 9.17) is 4.74 Å². The van der Waals surface area contributed by atoms with Crippen LogP contribution in [0.2, 0.25) is 0 Å². The molecule has 0 spiro atoms. The van der Waals surface area contributed by atoms with Gasteiger partial charge in [-0.05, 0) is 24.7 Å². The molecule has 2 aliphatic heterocycles. The van der Waals surface area contributed by atoms with E-state index in [1.165, 1.54) is 67.5 Å². The lowest BCUT2D eigenvalue weighted by Crippen LogP contribution is -2.53. The van der Waals surface area contributed by atoms with Gasteiger partial charge in [0.25, 0.3) is 0 Å². The summed E-state index contributed by atoms with van der Waals surface area (Å²) in [5, 5.41) is 0. The van der Waals surface area contributed by atoms with Crippen molar-refractivity contribution in [2.75, 3.05) is 66.6 Å². The number of hydrogen-bond donors (Lipinski definition) is 0. The highest BCUT2D eigenvalue weighted by atomic mass is 16.5. The normalized spacial score (nSPS) is 45.9. The molecule has 1 unspecified atom stereocenters. The maximum atomic E-state index is 5.53. The van der Waals surface area contributed by atoms with Gasteiger partial charge in [0.05, 0.1) is 53.5 Å². The second-order valence-electron chi connectivity index (χ2n) is 9.08. The number of allylic oxidation sites excluding steroid dienone is 2. The molecule has 0 aromatic carbocycles. The molecule has 3 aliphatic carbocycles. The van der Waals surface area contributed by atoms with E-state index in [2.05, 4.69) is 26.2 Å². The quantitative estimate of drug-likeness (QED) is 0.571. The summed E-state index contributed by atoms with van der Waals surface area (Å²) in [7, 11) is 4.97. The number of likely N-dealkylation sites (N-methyl/N-ethyl adjacent to an activating group) is 1. The third-order valence-corrected chi connectivity index (χ3v) is 7.34. The van der Waals surface area contributed by atoms with E-state index in [0.29, 0.717) is 0 Å². The first-order valence-corrected chi connectivity index (χ1v) is 9.50. The largest absolute Gasteiger partial charge is 0.370 e. The van der Waals surface area contributed by atoms with E-state index in [-0.39, 0.29) is 0 Å². The summed E-state index contributed by atoms with van der Waals surface area (Å²) in [5.41, 5.74) is 0. The van der Waals surface area contributed by atoms with Crippen LogP contribution in [0.15, 0.2) is 12.2 Å². The van der Waals surface area contributed by atoms with E-state index >= 15 is 0 Å². The molecule has 5 aliphatic rings. The van der Waals surface area contributed by atoms with Crippen LogP contribution in [0.25, 0.3) is 0 Å². The summed E-state index contributed by atoms with van der Waals surface area (Å²) in [6, 6.07) is 0. The van der Waals surface area contributed by atoms with Gasteiger partial charge in [-0.25, -0.2) is 0 Å². The molecule has 3 heteroatoms. The first-order valence-electron chi connectivity index (χ1n) is 9.50. The van der Waals surface area contributed by atoms with Gasteiger partial charge >= 0.3 is 0 Å². The molecule has 2 bridgehead atoms. The molecule has 0 radical (unpaired) electrons. The number of fused-ring (bicyclic) bond motifs is 1. The lowest BCUT2D eigenvalue weighted by molar-refractivity contribution is -0.928. The summed E-state index contributed by atoms with van der Waals surface area (Å²) < 4.78 is 8.12. The first-order chi connectivity index (χ1) is 10.6. The zero-order valence-electron chi connectivity index (χ0n) is 14.5. The summed E-state index contributed by atoms with van der Waals surface area (Å²) in [5.74, 6) is 3.83. The SMILES string of the molecule is C[N+]1(CCC[N+]2(C)C[C@@H]3[C@@H](C2)[C@H]2C=C[C@@H]3CC2)CCOCC1. The molecule has 22 heavy (non-hydrogen) atoms. The van der Waals surface area contributed by atoms with Crippen molar-refractivity contribution in [1.29, 1.82) is 0 Å². The molecule has 0 aromatic rings. The summed E-state index contributed by atoms with van der Waals surface area (Å²) >= 11 is 0. The Labute approximate surface area is 136 Å². The van der Waals surface area contributed by atoms with Gasteiger partial charge in [-0.2, -0.15) is 0 Å².